The number of nitrogens with one attached hydrogen (secondary N) is 2. The average molecular weight is 296 g/mol. The first-order valence-corrected chi connectivity index (χ1v) is 6.78. The molecule has 0 aliphatic rings. The number of rotatable bonds is 6. The zero-order valence-electron chi connectivity index (χ0n) is 11.9. The average Bonchev–Trinajstić information content (AvgIpc) is 2.46. The third-order valence-corrected chi connectivity index (χ3v) is 3.04. The van der Waals surface area contributed by atoms with Crippen molar-refractivity contribution in [2.45, 2.75) is 25.8 Å². The van der Waals surface area contributed by atoms with Crippen molar-refractivity contribution in [1.29, 1.82) is 0 Å². The van der Waals surface area contributed by atoms with Crippen LogP contribution < -0.4 is 15.4 Å². The largest absolute Gasteiger partial charge is 0.495 e. The van der Waals surface area contributed by atoms with Gasteiger partial charge in [-0.2, -0.15) is 0 Å². The van der Waals surface area contributed by atoms with E-state index in [1.165, 1.54) is 7.11 Å². The molecular weight excluding hydrogens is 276 g/mol. The first-order valence-electron chi connectivity index (χ1n) is 6.38. The van der Waals surface area contributed by atoms with Gasteiger partial charge in [-0.3, -0.25) is 4.79 Å². The Balaban J connectivity index is 2.59. The third kappa shape index (κ3) is 5.05. The van der Waals surface area contributed by atoms with Crippen LogP contribution in [0.5, 0.6) is 5.75 Å². The Bertz CT molecular complexity index is 465. The molecule has 20 heavy (non-hydrogen) atoms. The molecule has 1 rings (SSSR count). The van der Waals surface area contributed by atoms with Crippen LogP contribution in [0.2, 0.25) is 0 Å². The summed E-state index contributed by atoms with van der Waals surface area (Å²) in [4.78, 5) is 11.3. The molecule has 0 amide bonds. The fourth-order valence-electron chi connectivity index (χ4n) is 1.67. The van der Waals surface area contributed by atoms with Crippen molar-refractivity contribution in [2.24, 2.45) is 0 Å². The summed E-state index contributed by atoms with van der Waals surface area (Å²) in [6.07, 6.45) is 1.05. The lowest BCUT2D eigenvalue weighted by atomic mass is 10.1. The number of thiocarbonyl (C=S) groups is 1. The summed E-state index contributed by atoms with van der Waals surface area (Å²) in [6, 6.07) is 7.42. The molecule has 0 fully saturated rings. The summed E-state index contributed by atoms with van der Waals surface area (Å²) in [5, 5.41) is 6.61. The zero-order chi connectivity index (χ0) is 15.0. The minimum Gasteiger partial charge on any atom is -0.495 e. The van der Waals surface area contributed by atoms with E-state index >= 15 is 0 Å². The number of anilines is 1. The number of carbonyl (C=O) groups excluding carboxylic acids is 1. The van der Waals surface area contributed by atoms with E-state index in [0.29, 0.717) is 10.9 Å². The Morgan fingerprint density at radius 3 is 2.65 bits per heavy atom. The van der Waals surface area contributed by atoms with Gasteiger partial charge in [0.2, 0.25) is 0 Å². The van der Waals surface area contributed by atoms with E-state index in [0.717, 1.165) is 12.1 Å². The minimum atomic E-state index is -0.260. The Morgan fingerprint density at radius 2 is 2.05 bits per heavy atom. The SMILES string of the molecule is CCC(CC(=O)OC)NC(=S)Nc1ccccc1OC. The van der Waals surface area contributed by atoms with Gasteiger partial charge in [0.25, 0.3) is 0 Å². The van der Waals surface area contributed by atoms with E-state index < -0.39 is 0 Å². The molecule has 0 radical (unpaired) electrons. The zero-order valence-corrected chi connectivity index (χ0v) is 12.8. The van der Waals surface area contributed by atoms with Gasteiger partial charge in [0.15, 0.2) is 5.11 Å². The van der Waals surface area contributed by atoms with E-state index in [2.05, 4.69) is 15.4 Å². The number of esters is 1. The summed E-state index contributed by atoms with van der Waals surface area (Å²) in [6.45, 7) is 1.98. The number of hydrogen-bond acceptors (Lipinski definition) is 4. The molecule has 1 aromatic carbocycles. The summed E-state index contributed by atoms with van der Waals surface area (Å²) in [7, 11) is 2.98. The molecule has 0 saturated carbocycles. The van der Waals surface area contributed by atoms with Gasteiger partial charge >= 0.3 is 5.97 Å². The first-order chi connectivity index (χ1) is 9.60. The van der Waals surface area contributed by atoms with Gasteiger partial charge in [-0.25, -0.2) is 0 Å². The quantitative estimate of drug-likeness (QED) is 0.620. The number of methoxy groups -OCH3 is 2. The Labute approximate surface area is 124 Å². The molecule has 2 N–H and O–H groups in total. The van der Waals surface area contributed by atoms with Crippen molar-refractivity contribution in [3.05, 3.63) is 24.3 Å². The van der Waals surface area contributed by atoms with E-state index in [1.54, 1.807) is 7.11 Å². The molecule has 110 valence electrons. The van der Waals surface area contributed by atoms with Crippen molar-refractivity contribution in [2.75, 3.05) is 19.5 Å². The van der Waals surface area contributed by atoms with Gasteiger partial charge < -0.3 is 20.1 Å². The topological polar surface area (TPSA) is 59.6 Å². The fraction of sp³-hybridized carbons (Fsp3) is 0.429. The van der Waals surface area contributed by atoms with Gasteiger partial charge in [-0.15, -0.1) is 0 Å². The van der Waals surface area contributed by atoms with Crippen LogP contribution in [0.1, 0.15) is 19.8 Å². The van der Waals surface area contributed by atoms with Crippen molar-refractivity contribution in [3.8, 4) is 5.75 Å². The Morgan fingerprint density at radius 1 is 1.35 bits per heavy atom. The monoisotopic (exact) mass is 296 g/mol. The maximum atomic E-state index is 11.3. The Kier molecular flexibility index (Phi) is 6.79. The second kappa shape index (κ2) is 8.37. The summed E-state index contributed by atoms with van der Waals surface area (Å²) in [5.41, 5.74) is 0.778. The Hall–Kier alpha value is -1.82. The van der Waals surface area contributed by atoms with Crippen LogP contribution in [0.4, 0.5) is 5.69 Å². The van der Waals surface area contributed by atoms with Gasteiger partial charge in [0, 0.05) is 6.04 Å². The molecule has 0 bridgehead atoms. The van der Waals surface area contributed by atoms with Crippen LogP contribution in [0.15, 0.2) is 24.3 Å². The van der Waals surface area contributed by atoms with Crippen LogP contribution >= 0.6 is 12.2 Å². The second-order valence-corrected chi connectivity index (χ2v) is 4.59. The van der Waals surface area contributed by atoms with Gasteiger partial charge in [-0.05, 0) is 30.8 Å². The molecule has 1 atom stereocenters. The molecule has 0 aliphatic heterocycles. The van der Waals surface area contributed by atoms with Gasteiger partial charge in [0.05, 0.1) is 26.3 Å². The molecule has 5 nitrogen and oxygen atoms in total. The molecule has 1 aromatic rings. The smallest absolute Gasteiger partial charge is 0.307 e. The second-order valence-electron chi connectivity index (χ2n) is 4.18. The molecule has 0 aromatic heterocycles. The predicted octanol–water partition coefficient (Wildman–Crippen LogP) is 2.32. The first kappa shape index (κ1) is 16.2. The maximum Gasteiger partial charge on any atom is 0.307 e. The highest BCUT2D eigenvalue weighted by molar-refractivity contribution is 7.80. The van der Waals surface area contributed by atoms with Crippen molar-refractivity contribution in [3.63, 3.8) is 0 Å². The summed E-state index contributed by atoms with van der Waals surface area (Å²) >= 11 is 5.25. The molecule has 0 saturated heterocycles. The van der Waals surface area contributed by atoms with Crippen LogP contribution in [0, 0.1) is 0 Å². The molecule has 0 aliphatic carbocycles. The van der Waals surface area contributed by atoms with Gasteiger partial charge in [0.1, 0.15) is 5.75 Å². The van der Waals surface area contributed by atoms with Crippen LogP contribution in [-0.4, -0.2) is 31.3 Å². The lowest BCUT2D eigenvalue weighted by Gasteiger charge is -2.19. The van der Waals surface area contributed by atoms with Crippen LogP contribution in [0.25, 0.3) is 0 Å². The predicted molar refractivity (Wildman–Crippen MR) is 83.1 cm³/mol. The number of ether oxygens (including phenoxy) is 2. The maximum absolute atomic E-state index is 11.3. The molecule has 1 unspecified atom stereocenters. The highest BCUT2D eigenvalue weighted by Crippen LogP contribution is 2.22. The lowest BCUT2D eigenvalue weighted by molar-refractivity contribution is -0.141. The minimum absolute atomic E-state index is 0.0582. The number of para-hydroxylation sites is 2. The highest BCUT2D eigenvalue weighted by atomic mass is 32.1. The van der Waals surface area contributed by atoms with Crippen molar-refractivity contribution < 1.29 is 14.3 Å². The molecule has 6 heteroatoms. The lowest BCUT2D eigenvalue weighted by Crippen LogP contribution is -2.38. The van der Waals surface area contributed by atoms with E-state index in [-0.39, 0.29) is 18.4 Å². The van der Waals surface area contributed by atoms with Crippen LogP contribution in [0.3, 0.4) is 0 Å². The van der Waals surface area contributed by atoms with E-state index in [1.807, 2.05) is 31.2 Å². The van der Waals surface area contributed by atoms with Crippen LogP contribution in [-0.2, 0) is 9.53 Å². The number of hydrogen-bond donors (Lipinski definition) is 2. The van der Waals surface area contributed by atoms with E-state index in [9.17, 15) is 4.79 Å². The van der Waals surface area contributed by atoms with E-state index in [4.69, 9.17) is 17.0 Å². The normalized spacial score (nSPS) is 11.3. The summed E-state index contributed by atoms with van der Waals surface area (Å²) < 4.78 is 9.89. The third-order valence-electron chi connectivity index (χ3n) is 2.82. The number of benzene rings is 1. The standard InChI is InChI=1S/C14H20N2O3S/c1-4-10(9-13(17)19-3)15-14(20)16-11-7-5-6-8-12(11)18-2/h5-8,10H,4,9H2,1-3H3,(H2,15,16,20). The summed E-state index contributed by atoms with van der Waals surface area (Å²) in [5.74, 6) is 0.446. The fourth-order valence-corrected chi connectivity index (χ4v) is 1.95. The van der Waals surface area contributed by atoms with Gasteiger partial charge in [-0.1, -0.05) is 19.1 Å². The molecule has 0 heterocycles. The van der Waals surface area contributed by atoms with Crippen molar-refractivity contribution >= 4 is 29.0 Å². The van der Waals surface area contributed by atoms with Crippen molar-refractivity contribution in [1.82, 2.24) is 5.32 Å². The molecule has 0 spiro atoms. The molecular formula is C14H20N2O3S. The highest BCUT2D eigenvalue weighted by Gasteiger charge is 2.14. The number of carbonyl (C=O) groups is 1.